The summed E-state index contributed by atoms with van der Waals surface area (Å²) in [6.45, 7) is 0. The van der Waals surface area contributed by atoms with Crippen LogP contribution in [0.4, 0.5) is 5.82 Å². The molecule has 0 aliphatic heterocycles. The molecular formula is C7H6N2O3S2. The van der Waals surface area contributed by atoms with Gasteiger partial charge in [0.1, 0.15) is 5.82 Å². The van der Waals surface area contributed by atoms with Crippen LogP contribution in [0.3, 0.4) is 0 Å². The maximum absolute atomic E-state index is 10.8. The zero-order valence-electron chi connectivity index (χ0n) is 6.84. The molecule has 1 heterocycles. The average Bonchev–Trinajstić information content (AvgIpc) is 2.46. The Morgan fingerprint density at radius 2 is 2.14 bits per heavy atom. The minimum absolute atomic E-state index is 0.170. The number of nitrogens with two attached hydrogens (primary N) is 1. The quantitative estimate of drug-likeness (QED) is 0.716. The Labute approximate surface area is 84.1 Å². The number of nitrogens with zero attached hydrogens (tertiary/aromatic N) is 1. The van der Waals surface area contributed by atoms with Gasteiger partial charge in [-0.25, -0.2) is 0 Å². The summed E-state index contributed by atoms with van der Waals surface area (Å²) in [7, 11) is -4.17. The molecular weight excluding hydrogens is 224 g/mol. The standard InChI is InChI=1S/C7H6N2O3S2/c8-7-5-3-4(14(10,11)12)1-2-6(5)13-9-7/h1-3H,(H2,8,9)(H,10,11,12). The summed E-state index contributed by atoms with van der Waals surface area (Å²) >= 11 is 1.18. The Balaban J connectivity index is 2.79. The number of nitrogen functional groups attached to an aromatic ring is 1. The number of benzene rings is 1. The second kappa shape index (κ2) is 2.91. The van der Waals surface area contributed by atoms with Gasteiger partial charge in [-0.05, 0) is 29.7 Å². The molecule has 1 aromatic heterocycles. The molecule has 3 N–H and O–H groups in total. The first-order chi connectivity index (χ1) is 6.48. The molecule has 2 rings (SSSR count). The topological polar surface area (TPSA) is 93.3 Å². The van der Waals surface area contributed by atoms with Crippen LogP contribution in [0.2, 0.25) is 0 Å². The molecule has 0 unspecified atom stereocenters. The largest absolute Gasteiger partial charge is 0.382 e. The third kappa shape index (κ3) is 1.45. The van der Waals surface area contributed by atoms with Crippen molar-refractivity contribution < 1.29 is 13.0 Å². The van der Waals surface area contributed by atoms with E-state index in [4.69, 9.17) is 10.3 Å². The monoisotopic (exact) mass is 230 g/mol. The number of rotatable bonds is 1. The van der Waals surface area contributed by atoms with E-state index in [1.807, 2.05) is 0 Å². The number of aromatic nitrogens is 1. The van der Waals surface area contributed by atoms with E-state index in [2.05, 4.69) is 4.37 Å². The number of hydrogen-bond donors (Lipinski definition) is 2. The lowest BCUT2D eigenvalue weighted by Gasteiger charge is -1.96. The zero-order chi connectivity index (χ0) is 10.3. The van der Waals surface area contributed by atoms with Crippen molar-refractivity contribution in [1.82, 2.24) is 4.37 Å². The fourth-order valence-electron chi connectivity index (χ4n) is 1.10. The molecule has 14 heavy (non-hydrogen) atoms. The van der Waals surface area contributed by atoms with Crippen LogP contribution in [0.5, 0.6) is 0 Å². The molecule has 0 amide bonds. The minimum Gasteiger partial charge on any atom is -0.382 e. The van der Waals surface area contributed by atoms with E-state index in [-0.39, 0.29) is 10.7 Å². The third-order valence-corrected chi connectivity index (χ3v) is 3.46. The third-order valence-electron chi connectivity index (χ3n) is 1.77. The SMILES string of the molecule is Nc1nsc2ccc(S(=O)(=O)O)cc12. The molecule has 0 spiro atoms. The first kappa shape index (κ1) is 9.38. The van der Waals surface area contributed by atoms with Crippen molar-refractivity contribution in [3.63, 3.8) is 0 Å². The Morgan fingerprint density at radius 1 is 1.43 bits per heavy atom. The summed E-state index contributed by atoms with van der Waals surface area (Å²) in [5, 5.41) is 0.546. The summed E-state index contributed by atoms with van der Waals surface area (Å²) in [5.74, 6) is 0.274. The van der Waals surface area contributed by atoms with Crippen LogP contribution in [0.1, 0.15) is 0 Å². The molecule has 0 saturated heterocycles. The number of anilines is 1. The Bertz CT molecular complexity index is 588. The molecule has 0 atom stereocenters. The zero-order valence-corrected chi connectivity index (χ0v) is 8.47. The van der Waals surface area contributed by atoms with E-state index < -0.39 is 10.1 Å². The fraction of sp³-hybridized carbons (Fsp3) is 0. The van der Waals surface area contributed by atoms with Gasteiger partial charge in [-0.2, -0.15) is 12.8 Å². The van der Waals surface area contributed by atoms with Gasteiger partial charge in [-0.3, -0.25) is 4.55 Å². The van der Waals surface area contributed by atoms with Crippen LogP contribution in [-0.4, -0.2) is 17.3 Å². The minimum atomic E-state index is -4.17. The molecule has 0 saturated carbocycles. The Kier molecular flexibility index (Phi) is 1.95. The molecule has 0 aliphatic rings. The van der Waals surface area contributed by atoms with Crippen molar-refractivity contribution in [2.75, 3.05) is 5.73 Å². The van der Waals surface area contributed by atoms with E-state index >= 15 is 0 Å². The summed E-state index contributed by atoms with van der Waals surface area (Å²) < 4.78 is 35.1. The highest BCUT2D eigenvalue weighted by Gasteiger charge is 2.12. The van der Waals surface area contributed by atoms with Gasteiger partial charge in [0, 0.05) is 5.39 Å². The molecule has 0 radical (unpaired) electrons. The molecule has 5 nitrogen and oxygen atoms in total. The van der Waals surface area contributed by atoms with Gasteiger partial charge in [-0.15, -0.1) is 0 Å². The maximum Gasteiger partial charge on any atom is 0.294 e. The predicted molar refractivity (Wildman–Crippen MR) is 53.8 cm³/mol. The lowest BCUT2D eigenvalue weighted by atomic mass is 10.3. The van der Waals surface area contributed by atoms with Crippen LogP contribution >= 0.6 is 11.5 Å². The van der Waals surface area contributed by atoms with Crippen molar-refractivity contribution in [2.45, 2.75) is 4.90 Å². The highest BCUT2D eigenvalue weighted by Crippen LogP contribution is 2.26. The molecule has 74 valence electrons. The van der Waals surface area contributed by atoms with E-state index in [0.29, 0.717) is 5.39 Å². The van der Waals surface area contributed by atoms with Crippen molar-refractivity contribution in [3.8, 4) is 0 Å². The summed E-state index contributed by atoms with van der Waals surface area (Å²) in [5.41, 5.74) is 5.51. The Hall–Kier alpha value is -1.18. The van der Waals surface area contributed by atoms with E-state index in [1.54, 1.807) is 6.07 Å². The average molecular weight is 230 g/mol. The highest BCUT2D eigenvalue weighted by atomic mass is 32.2. The van der Waals surface area contributed by atoms with Gasteiger partial charge < -0.3 is 5.73 Å². The van der Waals surface area contributed by atoms with Crippen LogP contribution in [0.25, 0.3) is 10.1 Å². The van der Waals surface area contributed by atoms with Gasteiger partial charge in [0.2, 0.25) is 0 Å². The summed E-state index contributed by atoms with van der Waals surface area (Å²) in [6, 6.07) is 4.19. The van der Waals surface area contributed by atoms with Crippen molar-refractivity contribution in [1.29, 1.82) is 0 Å². The van der Waals surface area contributed by atoms with E-state index in [0.717, 1.165) is 4.70 Å². The lowest BCUT2D eigenvalue weighted by Crippen LogP contribution is -1.97. The van der Waals surface area contributed by atoms with Gasteiger partial charge in [0.25, 0.3) is 10.1 Å². The van der Waals surface area contributed by atoms with Gasteiger partial charge in [0.05, 0.1) is 9.60 Å². The van der Waals surface area contributed by atoms with Crippen LogP contribution in [0.15, 0.2) is 23.1 Å². The van der Waals surface area contributed by atoms with E-state index in [1.165, 1.54) is 23.7 Å². The smallest absolute Gasteiger partial charge is 0.294 e. The molecule has 0 aliphatic carbocycles. The molecule has 0 bridgehead atoms. The van der Waals surface area contributed by atoms with Crippen molar-refractivity contribution in [3.05, 3.63) is 18.2 Å². The number of hydrogen-bond acceptors (Lipinski definition) is 5. The normalized spacial score (nSPS) is 12.1. The Morgan fingerprint density at radius 3 is 2.79 bits per heavy atom. The van der Waals surface area contributed by atoms with Crippen LogP contribution in [0, 0.1) is 0 Å². The van der Waals surface area contributed by atoms with Gasteiger partial charge in [0.15, 0.2) is 0 Å². The van der Waals surface area contributed by atoms with Crippen LogP contribution in [-0.2, 0) is 10.1 Å². The highest BCUT2D eigenvalue weighted by molar-refractivity contribution is 7.85. The molecule has 1 aromatic carbocycles. The molecule has 2 aromatic rings. The summed E-state index contributed by atoms with van der Waals surface area (Å²) in [4.78, 5) is -0.170. The van der Waals surface area contributed by atoms with E-state index in [9.17, 15) is 8.42 Å². The van der Waals surface area contributed by atoms with Crippen LogP contribution < -0.4 is 5.73 Å². The lowest BCUT2D eigenvalue weighted by molar-refractivity contribution is 0.483. The first-order valence-corrected chi connectivity index (χ1v) is 5.82. The molecule has 0 fully saturated rings. The number of fused-ring (bicyclic) bond motifs is 1. The molecule has 7 heteroatoms. The first-order valence-electron chi connectivity index (χ1n) is 3.61. The van der Waals surface area contributed by atoms with Crippen molar-refractivity contribution >= 4 is 37.6 Å². The fourth-order valence-corrected chi connectivity index (χ4v) is 2.29. The second-order valence-corrected chi connectivity index (χ2v) is 4.93. The second-order valence-electron chi connectivity index (χ2n) is 2.70. The van der Waals surface area contributed by atoms with Gasteiger partial charge >= 0.3 is 0 Å². The van der Waals surface area contributed by atoms with Crippen molar-refractivity contribution in [2.24, 2.45) is 0 Å². The van der Waals surface area contributed by atoms with Gasteiger partial charge in [-0.1, -0.05) is 0 Å². The predicted octanol–water partition coefficient (Wildman–Crippen LogP) is 1.13. The summed E-state index contributed by atoms with van der Waals surface area (Å²) in [6.07, 6.45) is 0. The maximum atomic E-state index is 10.8.